The van der Waals surface area contributed by atoms with Crippen LogP contribution in [0.25, 0.3) is 0 Å². The molecule has 0 atom stereocenters. The number of guanidine groups is 1. The molecular formula is C20H28N4O2S. The Labute approximate surface area is 162 Å². The summed E-state index contributed by atoms with van der Waals surface area (Å²) in [5.74, 6) is 0.811. The molecule has 0 spiro atoms. The monoisotopic (exact) mass is 388 g/mol. The van der Waals surface area contributed by atoms with Crippen LogP contribution in [-0.4, -0.2) is 51.3 Å². The summed E-state index contributed by atoms with van der Waals surface area (Å²) in [7, 11) is 1.65. The first kappa shape index (κ1) is 20.9. The van der Waals surface area contributed by atoms with E-state index in [2.05, 4.69) is 27.3 Å². The molecule has 0 bridgehead atoms. The Kier molecular flexibility index (Phi) is 7.38. The first-order valence-corrected chi connectivity index (χ1v) is 10.3. The molecular weight excluding hydrogens is 360 g/mol. The minimum Gasteiger partial charge on any atom is -0.357 e. The fraction of sp³-hybridized carbons (Fsp3) is 0.350. The quantitative estimate of drug-likeness (QED) is 0.585. The highest BCUT2D eigenvalue weighted by Gasteiger charge is 2.16. The van der Waals surface area contributed by atoms with Crippen LogP contribution in [0.3, 0.4) is 0 Å². The zero-order chi connectivity index (χ0) is 19.9. The molecule has 7 heteroatoms. The molecule has 2 aromatic rings. The third-order valence-corrected chi connectivity index (χ3v) is 5.90. The lowest BCUT2D eigenvalue weighted by atomic mass is 10.2. The number of rotatable bonds is 7. The van der Waals surface area contributed by atoms with Crippen molar-refractivity contribution in [1.82, 2.24) is 14.5 Å². The van der Waals surface area contributed by atoms with Gasteiger partial charge in [0.1, 0.15) is 0 Å². The first-order valence-electron chi connectivity index (χ1n) is 8.89. The van der Waals surface area contributed by atoms with Crippen molar-refractivity contribution in [3.63, 3.8) is 0 Å². The van der Waals surface area contributed by atoms with Gasteiger partial charge in [0.05, 0.1) is 11.4 Å². The molecule has 2 aromatic carbocycles. The Balaban J connectivity index is 2.10. The molecule has 0 amide bonds. The van der Waals surface area contributed by atoms with Gasteiger partial charge in [0.25, 0.3) is 0 Å². The van der Waals surface area contributed by atoms with Crippen molar-refractivity contribution < 1.29 is 8.42 Å². The molecule has 0 saturated heterocycles. The van der Waals surface area contributed by atoms with Crippen molar-refractivity contribution in [1.29, 1.82) is 0 Å². The highest BCUT2D eigenvalue weighted by Crippen LogP contribution is 2.14. The van der Waals surface area contributed by atoms with E-state index >= 15 is 0 Å². The second kappa shape index (κ2) is 9.53. The van der Waals surface area contributed by atoms with Gasteiger partial charge in [0.2, 0.25) is 10.0 Å². The van der Waals surface area contributed by atoms with E-state index in [4.69, 9.17) is 0 Å². The molecule has 0 aromatic heterocycles. The van der Waals surface area contributed by atoms with Crippen molar-refractivity contribution in [3.8, 4) is 0 Å². The van der Waals surface area contributed by atoms with Gasteiger partial charge in [-0.1, -0.05) is 42.5 Å². The van der Waals surface area contributed by atoms with Gasteiger partial charge in [-0.25, -0.2) is 17.7 Å². The molecule has 0 aliphatic carbocycles. The van der Waals surface area contributed by atoms with E-state index in [1.807, 2.05) is 32.2 Å². The molecule has 0 radical (unpaired) electrons. The van der Waals surface area contributed by atoms with E-state index in [0.717, 1.165) is 24.6 Å². The van der Waals surface area contributed by atoms with Crippen molar-refractivity contribution in [2.24, 2.45) is 4.99 Å². The van der Waals surface area contributed by atoms with E-state index in [-0.39, 0.29) is 4.90 Å². The maximum Gasteiger partial charge on any atom is 0.242 e. The Morgan fingerprint density at radius 2 is 1.59 bits per heavy atom. The van der Waals surface area contributed by atoms with Gasteiger partial charge < -0.3 is 10.2 Å². The largest absolute Gasteiger partial charge is 0.357 e. The standard InChI is InChI=1S/C20H28N4O2S/c1-5-21-20(24(4)16-18-9-7-6-8-10-18)22-15-17-11-13-19(14-12-17)27(25,26)23(2)3/h6-14H,5,15-16H2,1-4H3,(H,21,22). The van der Waals surface area contributed by atoms with Crippen molar-refractivity contribution in [2.45, 2.75) is 24.9 Å². The number of aliphatic imine (C=N–C) groups is 1. The smallest absolute Gasteiger partial charge is 0.242 e. The predicted octanol–water partition coefficient (Wildman–Crippen LogP) is 2.53. The van der Waals surface area contributed by atoms with Crippen LogP contribution in [0.2, 0.25) is 0 Å². The fourth-order valence-electron chi connectivity index (χ4n) is 2.55. The number of benzene rings is 2. The lowest BCUT2D eigenvalue weighted by Gasteiger charge is -2.22. The van der Waals surface area contributed by atoms with Crippen LogP contribution in [0, 0.1) is 0 Å². The number of nitrogens with one attached hydrogen (secondary N) is 1. The molecule has 27 heavy (non-hydrogen) atoms. The third-order valence-electron chi connectivity index (χ3n) is 4.07. The van der Waals surface area contributed by atoms with E-state index in [9.17, 15) is 8.42 Å². The Bertz CT molecular complexity index is 847. The minimum atomic E-state index is -3.40. The van der Waals surface area contributed by atoms with Crippen LogP contribution in [0.4, 0.5) is 0 Å². The molecule has 0 aliphatic rings. The second-order valence-corrected chi connectivity index (χ2v) is 8.60. The van der Waals surface area contributed by atoms with Crippen LogP contribution >= 0.6 is 0 Å². The van der Waals surface area contributed by atoms with E-state index < -0.39 is 10.0 Å². The molecule has 0 aliphatic heterocycles. The van der Waals surface area contributed by atoms with Gasteiger partial charge in [0.15, 0.2) is 5.96 Å². The topological polar surface area (TPSA) is 65.0 Å². The van der Waals surface area contributed by atoms with Gasteiger partial charge in [-0.2, -0.15) is 0 Å². The van der Waals surface area contributed by atoms with E-state index in [0.29, 0.717) is 6.54 Å². The summed E-state index contributed by atoms with van der Waals surface area (Å²) in [5, 5.41) is 3.30. The van der Waals surface area contributed by atoms with Gasteiger partial charge in [-0.15, -0.1) is 0 Å². The van der Waals surface area contributed by atoms with Gasteiger partial charge >= 0.3 is 0 Å². The van der Waals surface area contributed by atoms with Crippen LogP contribution in [0.5, 0.6) is 0 Å². The zero-order valence-corrected chi connectivity index (χ0v) is 17.2. The first-order chi connectivity index (χ1) is 12.8. The molecule has 6 nitrogen and oxygen atoms in total. The zero-order valence-electron chi connectivity index (χ0n) is 16.4. The Hall–Kier alpha value is -2.38. The maximum atomic E-state index is 12.1. The SMILES string of the molecule is CCNC(=NCc1ccc(S(=O)(=O)N(C)C)cc1)N(C)Cc1ccccc1. The summed E-state index contributed by atoms with van der Waals surface area (Å²) in [6.45, 7) is 4.04. The Morgan fingerprint density at radius 1 is 0.963 bits per heavy atom. The number of hydrogen-bond acceptors (Lipinski definition) is 3. The summed E-state index contributed by atoms with van der Waals surface area (Å²) in [6, 6.07) is 17.1. The number of hydrogen-bond donors (Lipinski definition) is 1. The lowest BCUT2D eigenvalue weighted by Crippen LogP contribution is -2.38. The van der Waals surface area contributed by atoms with E-state index in [1.165, 1.54) is 24.0 Å². The van der Waals surface area contributed by atoms with Crippen molar-refractivity contribution in [2.75, 3.05) is 27.7 Å². The highest BCUT2D eigenvalue weighted by molar-refractivity contribution is 7.89. The fourth-order valence-corrected chi connectivity index (χ4v) is 3.45. The highest BCUT2D eigenvalue weighted by atomic mass is 32.2. The summed E-state index contributed by atoms with van der Waals surface area (Å²) in [4.78, 5) is 7.04. The molecule has 0 heterocycles. The molecule has 0 unspecified atom stereocenters. The van der Waals surface area contributed by atoms with Crippen LogP contribution in [0.15, 0.2) is 64.5 Å². The van der Waals surface area contributed by atoms with Crippen molar-refractivity contribution >= 4 is 16.0 Å². The molecule has 0 fully saturated rings. The van der Waals surface area contributed by atoms with E-state index in [1.54, 1.807) is 24.3 Å². The average molecular weight is 389 g/mol. The molecule has 1 N–H and O–H groups in total. The predicted molar refractivity (Wildman–Crippen MR) is 110 cm³/mol. The maximum absolute atomic E-state index is 12.1. The van der Waals surface area contributed by atoms with Crippen LogP contribution in [-0.2, 0) is 23.1 Å². The summed E-state index contributed by atoms with van der Waals surface area (Å²) >= 11 is 0. The molecule has 0 saturated carbocycles. The van der Waals surface area contributed by atoms with Gasteiger partial charge in [-0.05, 0) is 30.2 Å². The molecule has 2 rings (SSSR count). The number of nitrogens with zero attached hydrogens (tertiary/aromatic N) is 3. The second-order valence-electron chi connectivity index (χ2n) is 6.44. The normalized spacial score (nSPS) is 12.3. The third kappa shape index (κ3) is 5.80. The van der Waals surface area contributed by atoms with Crippen LogP contribution in [0.1, 0.15) is 18.1 Å². The van der Waals surface area contributed by atoms with Crippen LogP contribution < -0.4 is 5.32 Å². The lowest BCUT2D eigenvalue weighted by molar-refractivity contribution is 0.477. The summed E-state index contributed by atoms with van der Waals surface area (Å²) in [6.07, 6.45) is 0. The number of sulfonamides is 1. The summed E-state index contributed by atoms with van der Waals surface area (Å²) < 4.78 is 25.5. The van der Waals surface area contributed by atoms with Crippen molar-refractivity contribution in [3.05, 3.63) is 65.7 Å². The minimum absolute atomic E-state index is 0.285. The van der Waals surface area contributed by atoms with Gasteiger partial charge in [-0.3, -0.25) is 0 Å². The van der Waals surface area contributed by atoms with Gasteiger partial charge in [0, 0.05) is 34.2 Å². The average Bonchev–Trinajstić information content (AvgIpc) is 2.66. The summed E-state index contributed by atoms with van der Waals surface area (Å²) in [5.41, 5.74) is 2.17. The Morgan fingerprint density at radius 3 is 2.15 bits per heavy atom. The molecule has 146 valence electrons.